The summed E-state index contributed by atoms with van der Waals surface area (Å²) in [6, 6.07) is 7.81. The fourth-order valence-electron chi connectivity index (χ4n) is 2.04. The first-order chi connectivity index (χ1) is 10.7. The van der Waals surface area contributed by atoms with Crippen molar-refractivity contribution in [3.05, 3.63) is 57.8 Å². The van der Waals surface area contributed by atoms with Gasteiger partial charge in [0.2, 0.25) is 5.13 Å². The molecule has 0 aliphatic carbocycles. The lowest BCUT2D eigenvalue weighted by molar-refractivity contribution is 0.637. The van der Waals surface area contributed by atoms with Gasteiger partial charge in [0.25, 0.3) is 0 Å². The van der Waals surface area contributed by atoms with E-state index in [0.717, 1.165) is 34.7 Å². The lowest BCUT2D eigenvalue weighted by Crippen LogP contribution is -2.10. The third-order valence-corrected chi connectivity index (χ3v) is 4.25. The molecule has 3 aromatic rings. The van der Waals surface area contributed by atoms with Crippen LogP contribution in [0.2, 0.25) is 5.02 Å². The first kappa shape index (κ1) is 15.0. The van der Waals surface area contributed by atoms with Crippen molar-refractivity contribution in [1.82, 2.24) is 20.0 Å². The van der Waals surface area contributed by atoms with Gasteiger partial charge in [0, 0.05) is 24.2 Å². The Morgan fingerprint density at radius 1 is 1.23 bits per heavy atom. The monoisotopic (exact) mass is 333 g/mol. The van der Waals surface area contributed by atoms with Crippen molar-refractivity contribution in [1.29, 1.82) is 0 Å². The molecule has 0 bridgehead atoms. The van der Waals surface area contributed by atoms with Crippen LogP contribution in [-0.2, 0) is 13.0 Å². The van der Waals surface area contributed by atoms with E-state index in [1.807, 2.05) is 48.3 Å². The molecule has 0 aliphatic heterocycles. The van der Waals surface area contributed by atoms with E-state index in [1.165, 1.54) is 11.1 Å². The minimum atomic E-state index is 0.747. The Labute approximate surface area is 138 Å². The molecule has 0 atom stereocenters. The molecule has 3 rings (SSSR count). The zero-order valence-corrected chi connectivity index (χ0v) is 13.7. The van der Waals surface area contributed by atoms with Crippen molar-refractivity contribution in [3.63, 3.8) is 0 Å². The largest absolute Gasteiger partial charge is 0.358 e. The van der Waals surface area contributed by atoms with Gasteiger partial charge in [-0.2, -0.15) is 5.10 Å². The van der Waals surface area contributed by atoms with E-state index in [2.05, 4.69) is 20.6 Å². The molecule has 0 aliphatic rings. The lowest BCUT2D eigenvalue weighted by atomic mass is 10.2. The van der Waals surface area contributed by atoms with Crippen LogP contribution in [0.25, 0.3) is 0 Å². The third kappa shape index (κ3) is 4.05. The maximum atomic E-state index is 5.89. The van der Waals surface area contributed by atoms with Crippen LogP contribution in [-0.4, -0.2) is 26.5 Å². The predicted molar refractivity (Wildman–Crippen MR) is 89.6 cm³/mol. The molecule has 0 spiro atoms. The lowest BCUT2D eigenvalue weighted by Gasteiger charge is -2.01. The molecule has 0 saturated carbocycles. The molecular weight excluding hydrogens is 318 g/mol. The Morgan fingerprint density at radius 2 is 2.05 bits per heavy atom. The Kier molecular flexibility index (Phi) is 4.70. The van der Waals surface area contributed by atoms with Gasteiger partial charge in [-0.05, 0) is 30.2 Å². The van der Waals surface area contributed by atoms with Crippen molar-refractivity contribution in [2.24, 2.45) is 0 Å². The van der Waals surface area contributed by atoms with Gasteiger partial charge >= 0.3 is 0 Å². The fraction of sp³-hybridized carbons (Fsp3) is 0.267. The second kappa shape index (κ2) is 6.89. The summed E-state index contributed by atoms with van der Waals surface area (Å²) < 4.78 is 1.91. The zero-order chi connectivity index (χ0) is 15.4. The first-order valence-electron chi connectivity index (χ1n) is 6.99. The average Bonchev–Trinajstić information content (AvgIpc) is 3.11. The number of aryl methyl sites for hydroxylation is 1. The maximum Gasteiger partial charge on any atom is 0.205 e. The van der Waals surface area contributed by atoms with Crippen molar-refractivity contribution in [2.75, 3.05) is 11.9 Å². The van der Waals surface area contributed by atoms with Gasteiger partial charge in [0.15, 0.2) is 0 Å². The summed E-state index contributed by atoms with van der Waals surface area (Å²) >= 11 is 7.46. The van der Waals surface area contributed by atoms with Crippen LogP contribution in [0.4, 0.5) is 5.13 Å². The normalized spacial score (nSPS) is 10.8. The standard InChI is InChI=1S/C15H16ClN5S/c1-11-9-18-21(10-11)7-6-17-15-20-19-14(22-15)8-12-2-4-13(16)5-3-12/h2-5,9-10H,6-8H2,1H3,(H,17,20). The van der Waals surface area contributed by atoms with Gasteiger partial charge in [-0.3, -0.25) is 4.68 Å². The van der Waals surface area contributed by atoms with Gasteiger partial charge in [-0.1, -0.05) is 35.1 Å². The quantitative estimate of drug-likeness (QED) is 0.751. The Bertz CT molecular complexity index is 734. The summed E-state index contributed by atoms with van der Waals surface area (Å²) in [6.07, 6.45) is 4.65. The zero-order valence-electron chi connectivity index (χ0n) is 12.2. The van der Waals surface area contributed by atoms with E-state index < -0.39 is 0 Å². The SMILES string of the molecule is Cc1cnn(CCNc2nnc(Cc3ccc(Cl)cc3)s2)c1. The summed E-state index contributed by atoms with van der Waals surface area (Å²) in [5.41, 5.74) is 2.35. The fourth-order valence-corrected chi connectivity index (χ4v) is 2.97. The molecule has 2 heterocycles. The number of aromatic nitrogens is 4. The number of hydrogen-bond acceptors (Lipinski definition) is 5. The molecule has 2 aromatic heterocycles. The minimum Gasteiger partial charge on any atom is -0.358 e. The highest BCUT2D eigenvalue weighted by molar-refractivity contribution is 7.15. The van der Waals surface area contributed by atoms with Crippen LogP contribution in [0, 0.1) is 6.92 Å². The number of nitrogens with one attached hydrogen (secondary N) is 1. The number of hydrogen-bond donors (Lipinski definition) is 1. The van der Waals surface area contributed by atoms with Crippen LogP contribution >= 0.6 is 22.9 Å². The maximum absolute atomic E-state index is 5.89. The number of anilines is 1. The van der Waals surface area contributed by atoms with Crippen LogP contribution < -0.4 is 5.32 Å². The van der Waals surface area contributed by atoms with Crippen molar-refractivity contribution < 1.29 is 0 Å². The molecule has 5 nitrogen and oxygen atoms in total. The van der Waals surface area contributed by atoms with E-state index in [0.29, 0.717) is 0 Å². The molecule has 22 heavy (non-hydrogen) atoms. The second-order valence-corrected chi connectivity index (χ2v) is 6.51. The van der Waals surface area contributed by atoms with Gasteiger partial charge in [0.05, 0.1) is 12.7 Å². The van der Waals surface area contributed by atoms with Gasteiger partial charge in [-0.25, -0.2) is 0 Å². The highest BCUT2D eigenvalue weighted by Gasteiger charge is 2.05. The smallest absolute Gasteiger partial charge is 0.205 e. The summed E-state index contributed by atoms with van der Waals surface area (Å²) in [6.45, 7) is 3.61. The highest BCUT2D eigenvalue weighted by Crippen LogP contribution is 2.19. The molecule has 0 fully saturated rings. The number of rotatable bonds is 6. The molecular formula is C15H16ClN5S. The molecule has 114 valence electrons. The topological polar surface area (TPSA) is 55.6 Å². The van der Waals surface area contributed by atoms with Gasteiger partial charge in [-0.15, -0.1) is 10.2 Å². The molecule has 1 N–H and O–H groups in total. The van der Waals surface area contributed by atoms with E-state index >= 15 is 0 Å². The van der Waals surface area contributed by atoms with Crippen LogP contribution in [0.1, 0.15) is 16.1 Å². The number of benzene rings is 1. The number of halogens is 1. The van der Waals surface area contributed by atoms with Crippen LogP contribution in [0.5, 0.6) is 0 Å². The Morgan fingerprint density at radius 3 is 2.77 bits per heavy atom. The molecule has 7 heteroatoms. The van der Waals surface area contributed by atoms with Gasteiger partial charge in [0.1, 0.15) is 5.01 Å². The summed E-state index contributed by atoms with van der Waals surface area (Å²) in [5, 5.41) is 18.5. The molecule has 1 aromatic carbocycles. The predicted octanol–water partition coefficient (Wildman–Crippen LogP) is 3.40. The van der Waals surface area contributed by atoms with Crippen molar-refractivity contribution >= 4 is 28.1 Å². The van der Waals surface area contributed by atoms with Gasteiger partial charge < -0.3 is 5.32 Å². The molecule has 0 unspecified atom stereocenters. The Balaban J connectivity index is 1.51. The van der Waals surface area contributed by atoms with Crippen LogP contribution in [0.3, 0.4) is 0 Å². The van der Waals surface area contributed by atoms with E-state index in [-0.39, 0.29) is 0 Å². The van der Waals surface area contributed by atoms with E-state index in [9.17, 15) is 0 Å². The van der Waals surface area contributed by atoms with Crippen LogP contribution in [0.15, 0.2) is 36.7 Å². The summed E-state index contributed by atoms with van der Waals surface area (Å²) in [5.74, 6) is 0. The molecule has 0 amide bonds. The molecule has 0 radical (unpaired) electrons. The average molecular weight is 334 g/mol. The van der Waals surface area contributed by atoms with E-state index in [4.69, 9.17) is 11.6 Å². The van der Waals surface area contributed by atoms with Crippen molar-refractivity contribution in [3.8, 4) is 0 Å². The highest BCUT2D eigenvalue weighted by atomic mass is 35.5. The van der Waals surface area contributed by atoms with E-state index in [1.54, 1.807) is 11.3 Å². The second-order valence-electron chi connectivity index (χ2n) is 5.01. The third-order valence-electron chi connectivity index (χ3n) is 3.11. The Hall–Kier alpha value is -1.92. The number of nitrogens with zero attached hydrogens (tertiary/aromatic N) is 4. The van der Waals surface area contributed by atoms with Crippen molar-refractivity contribution in [2.45, 2.75) is 19.9 Å². The molecule has 0 saturated heterocycles. The summed E-state index contributed by atoms with van der Waals surface area (Å²) in [4.78, 5) is 0. The minimum absolute atomic E-state index is 0.747. The first-order valence-corrected chi connectivity index (χ1v) is 8.18. The summed E-state index contributed by atoms with van der Waals surface area (Å²) in [7, 11) is 0.